The van der Waals surface area contributed by atoms with Crippen LogP contribution < -0.4 is 0 Å². The first-order chi connectivity index (χ1) is 10.2. The molecule has 1 N–H and O–H groups in total. The predicted octanol–water partition coefficient (Wildman–Crippen LogP) is 1.38. The summed E-state index contributed by atoms with van der Waals surface area (Å²) in [6, 6.07) is 0.303. The van der Waals surface area contributed by atoms with Crippen molar-refractivity contribution in [3.8, 4) is 0 Å². The van der Waals surface area contributed by atoms with E-state index in [0.717, 1.165) is 61.7 Å². The van der Waals surface area contributed by atoms with Crippen molar-refractivity contribution in [2.75, 3.05) is 26.2 Å². The van der Waals surface area contributed by atoms with Gasteiger partial charge in [-0.25, -0.2) is 4.98 Å². The van der Waals surface area contributed by atoms with Crippen LogP contribution in [-0.4, -0.2) is 64.1 Å². The fourth-order valence-corrected chi connectivity index (χ4v) is 4.16. The van der Waals surface area contributed by atoms with Gasteiger partial charge in [-0.15, -0.1) is 11.3 Å². The maximum atomic E-state index is 12.4. The number of aryl methyl sites for hydroxylation is 1. The van der Waals surface area contributed by atoms with Crippen molar-refractivity contribution in [3.63, 3.8) is 0 Å². The molecule has 0 bridgehead atoms. The van der Waals surface area contributed by atoms with Gasteiger partial charge in [-0.2, -0.15) is 0 Å². The number of thiazole rings is 1. The molecule has 1 amide bonds. The summed E-state index contributed by atoms with van der Waals surface area (Å²) in [5.41, 5.74) is 0. The van der Waals surface area contributed by atoms with Gasteiger partial charge >= 0.3 is 0 Å². The van der Waals surface area contributed by atoms with E-state index >= 15 is 0 Å². The van der Waals surface area contributed by atoms with Crippen LogP contribution in [-0.2, 0) is 6.42 Å². The lowest BCUT2D eigenvalue weighted by Gasteiger charge is -2.38. The molecule has 2 heterocycles. The van der Waals surface area contributed by atoms with Gasteiger partial charge in [0.2, 0.25) is 0 Å². The van der Waals surface area contributed by atoms with Crippen LogP contribution in [0.1, 0.15) is 40.9 Å². The highest BCUT2D eigenvalue weighted by Gasteiger charge is 2.33. The fraction of sp³-hybridized carbons (Fsp3) is 0.733. The van der Waals surface area contributed by atoms with Crippen LogP contribution in [0, 0.1) is 0 Å². The van der Waals surface area contributed by atoms with Crippen molar-refractivity contribution in [1.29, 1.82) is 0 Å². The molecule has 3 rings (SSSR count). The van der Waals surface area contributed by atoms with Gasteiger partial charge in [0.25, 0.3) is 5.91 Å². The summed E-state index contributed by atoms with van der Waals surface area (Å²) in [5.74, 6) is 0.110. The lowest BCUT2D eigenvalue weighted by atomic mass is 10.1. The molecule has 1 aliphatic heterocycles. The molecular weight excluding hydrogens is 286 g/mol. The average molecular weight is 309 g/mol. The predicted molar refractivity (Wildman–Crippen MR) is 82.6 cm³/mol. The molecule has 1 aromatic rings. The highest BCUT2D eigenvalue weighted by molar-refractivity contribution is 7.13. The third kappa shape index (κ3) is 3.12. The Balaban J connectivity index is 1.56. The Morgan fingerprint density at radius 3 is 2.71 bits per heavy atom. The largest absolute Gasteiger partial charge is 0.391 e. The number of hydrogen-bond acceptors (Lipinski definition) is 5. The van der Waals surface area contributed by atoms with Crippen molar-refractivity contribution in [2.45, 2.75) is 44.8 Å². The van der Waals surface area contributed by atoms with Crippen LogP contribution in [0.25, 0.3) is 0 Å². The van der Waals surface area contributed by atoms with Gasteiger partial charge in [0.15, 0.2) is 0 Å². The second-order valence-electron chi connectivity index (χ2n) is 5.87. The van der Waals surface area contributed by atoms with Crippen LogP contribution in [0.4, 0.5) is 0 Å². The van der Waals surface area contributed by atoms with E-state index in [1.165, 1.54) is 11.3 Å². The second kappa shape index (κ2) is 6.42. The van der Waals surface area contributed by atoms with Gasteiger partial charge in [0, 0.05) is 32.2 Å². The number of piperazine rings is 1. The van der Waals surface area contributed by atoms with Crippen LogP contribution >= 0.6 is 11.3 Å². The minimum absolute atomic E-state index is 0.110. The number of carbonyl (C=O) groups excluding carboxylic acids is 1. The molecule has 0 spiro atoms. The number of aliphatic hydroxyl groups is 1. The zero-order valence-corrected chi connectivity index (χ0v) is 13.3. The van der Waals surface area contributed by atoms with Crippen LogP contribution in [0.5, 0.6) is 0 Å². The van der Waals surface area contributed by atoms with E-state index in [2.05, 4.69) is 16.8 Å². The third-order valence-corrected chi connectivity index (χ3v) is 5.71. The zero-order valence-electron chi connectivity index (χ0n) is 12.5. The molecule has 0 aromatic carbocycles. The molecule has 1 aliphatic carbocycles. The van der Waals surface area contributed by atoms with E-state index < -0.39 is 0 Å². The van der Waals surface area contributed by atoms with Crippen LogP contribution in [0.3, 0.4) is 0 Å². The quantitative estimate of drug-likeness (QED) is 0.916. The molecule has 2 aliphatic rings. The summed E-state index contributed by atoms with van der Waals surface area (Å²) in [5, 5.41) is 11.0. The van der Waals surface area contributed by atoms with Crippen molar-refractivity contribution in [1.82, 2.24) is 14.8 Å². The van der Waals surface area contributed by atoms with Gasteiger partial charge in [0.1, 0.15) is 4.88 Å². The Bertz CT molecular complexity index is 497. The van der Waals surface area contributed by atoms with Crippen molar-refractivity contribution in [2.24, 2.45) is 0 Å². The monoisotopic (exact) mass is 309 g/mol. The fourth-order valence-electron chi connectivity index (χ4n) is 3.33. The molecule has 1 saturated carbocycles. The van der Waals surface area contributed by atoms with Crippen molar-refractivity contribution >= 4 is 17.2 Å². The molecule has 21 heavy (non-hydrogen) atoms. The van der Waals surface area contributed by atoms with E-state index in [1.54, 1.807) is 6.20 Å². The Hall–Kier alpha value is -0.980. The average Bonchev–Trinajstić information content (AvgIpc) is 3.15. The molecule has 1 saturated heterocycles. The Morgan fingerprint density at radius 1 is 1.38 bits per heavy atom. The van der Waals surface area contributed by atoms with Crippen molar-refractivity contribution < 1.29 is 9.90 Å². The van der Waals surface area contributed by atoms with Gasteiger partial charge in [-0.05, 0) is 25.7 Å². The Labute approximate surface area is 129 Å². The first-order valence-electron chi connectivity index (χ1n) is 7.85. The molecule has 6 heteroatoms. The maximum Gasteiger partial charge on any atom is 0.265 e. The number of aliphatic hydroxyl groups excluding tert-OH is 1. The third-order valence-electron chi connectivity index (χ3n) is 4.58. The Morgan fingerprint density at radius 2 is 2.14 bits per heavy atom. The summed E-state index contributed by atoms with van der Waals surface area (Å²) in [6.07, 6.45) is 5.53. The van der Waals surface area contributed by atoms with E-state index in [-0.39, 0.29) is 12.0 Å². The van der Waals surface area contributed by atoms with Crippen LogP contribution in [0.15, 0.2) is 6.20 Å². The maximum absolute atomic E-state index is 12.4. The van der Waals surface area contributed by atoms with Gasteiger partial charge in [0.05, 0.1) is 17.3 Å². The summed E-state index contributed by atoms with van der Waals surface area (Å²) in [6.45, 7) is 5.29. The molecule has 0 radical (unpaired) electrons. The molecule has 5 nitrogen and oxygen atoms in total. The summed E-state index contributed by atoms with van der Waals surface area (Å²) >= 11 is 1.51. The molecular formula is C15H23N3O2S. The van der Waals surface area contributed by atoms with Crippen LogP contribution in [0.2, 0.25) is 0 Å². The highest BCUT2D eigenvalue weighted by Crippen LogP contribution is 2.25. The lowest BCUT2D eigenvalue weighted by Crippen LogP contribution is -2.53. The SMILES string of the molecule is CCc1ncc(C(=O)N2CCN([C@H]3CCC[C@@H]3O)CC2)s1. The van der Waals surface area contributed by atoms with Gasteiger partial charge in [-0.1, -0.05) is 6.92 Å². The summed E-state index contributed by atoms with van der Waals surface area (Å²) < 4.78 is 0. The van der Waals surface area contributed by atoms with E-state index in [4.69, 9.17) is 0 Å². The summed E-state index contributed by atoms with van der Waals surface area (Å²) in [7, 11) is 0. The number of rotatable bonds is 3. The lowest BCUT2D eigenvalue weighted by molar-refractivity contribution is 0.0317. The number of amides is 1. The van der Waals surface area contributed by atoms with E-state index in [0.29, 0.717) is 6.04 Å². The number of aromatic nitrogens is 1. The topological polar surface area (TPSA) is 56.7 Å². The van der Waals surface area contributed by atoms with Gasteiger partial charge in [-0.3, -0.25) is 9.69 Å². The molecule has 2 atom stereocenters. The van der Waals surface area contributed by atoms with Gasteiger partial charge < -0.3 is 10.0 Å². The standard InChI is InChI=1S/C15H23N3O2S/c1-2-14-16-10-13(21-14)15(20)18-8-6-17(7-9-18)11-4-3-5-12(11)19/h10-12,19H,2-9H2,1H3/t11-,12-/m0/s1. The van der Waals surface area contributed by atoms with E-state index in [1.807, 2.05) is 4.90 Å². The zero-order chi connectivity index (χ0) is 14.8. The number of nitrogens with zero attached hydrogens (tertiary/aromatic N) is 3. The normalized spacial score (nSPS) is 27.2. The second-order valence-corrected chi connectivity index (χ2v) is 6.98. The number of hydrogen-bond donors (Lipinski definition) is 1. The highest BCUT2D eigenvalue weighted by atomic mass is 32.1. The number of carbonyl (C=O) groups is 1. The molecule has 2 fully saturated rings. The van der Waals surface area contributed by atoms with E-state index in [9.17, 15) is 9.90 Å². The Kier molecular flexibility index (Phi) is 4.57. The van der Waals surface area contributed by atoms with Crippen molar-refractivity contribution in [3.05, 3.63) is 16.1 Å². The smallest absolute Gasteiger partial charge is 0.265 e. The molecule has 1 aromatic heterocycles. The molecule has 116 valence electrons. The minimum atomic E-state index is -0.180. The first kappa shape index (κ1) is 14.9. The first-order valence-corrected chi connectivity index (χ1v) is 8.66. The molecule has 0 unspecified atom stereocenters. The minimum Gasteiger partial charge on any atom is -0.391 e. The summed E-state index contributed by atoms with van der Waals surface area (Å²) in [4.78, 5) is 21.7.